The SMILES string of the molecule is O=C(c1ccn[nH]1)N1CCN(Cc2cnn3cccnc23)C[C@H](O)C1. The third-order valence-electron chi connectivity index (χ3n) is 4.35. The van der Waals surface area contributed by atoms with Gasteiger partial charge in [-0.15, -0.1) is 0 Å². The van der Waals surface area contributed by atoms with Gasteiger partial charge in [-0.1, -0.05) is 0 Å². The molecule has 4 heterocycles. The highest BCUT2D eigenvalue weighted by atomic mass is 16.3. The Morgan fingerprint density at radius 1 is 1.32 bits per heavy atom. The van der Waals surface area contributed by atoms with Gasteiger partial charge in [-0.2, -0.15) is 10.2 Å². The van der Waals surface area contributed by atoms with Gasteiger partial charge in [-0.05, 0) is 12.1 Å². The number of hydrogen-bond donors (Lipinski definition) is 2. The molecule has 1 aliphatic rings. The van der Waals surface area contributed by atoms with Crippen molar-refractivity contribution in [2.24, 2.45) is 0 Å². The predicted molar refractivity (Wildman–Crippen MR) is 88.8 cm³/mol. The molecule has 0 aromatic carbocycles. The number of hydrogen-bond acceptors (Lipinski definition) is 6. The van der Waals surface area contributed by atoms with E-state index in [0.29, 0.717) is 38.4 Å². The molecular weight excluding hydrogens is 322 g/mol. The number of fused-ring (bicyclic) bond motifs is 1. The Bertz CT molecular complexity index is 860. The van der Waals surface area contributed by atoms with Gasteiger partial charge in [0.15, 0.2) is 5.65 Å². The normalized spacial score (nSPS) is 19.2. The second-order valence-corrected chi connectivity index (χ2v) is 6.17. The fourth-order valence-electron chi connectivity index (χ4n) is 3.16. The smallest absolute Gasteiger partial charge is 0.271 e. The number of nitrogens with zero attached hydrogens (tertiary/aromatic N) is 6. The van der Waals surface area contributed by atoms with Crippen LogP contribution in [0.1, 0.15) is 16.1 Å². The number of amides is 1. The molecule has 9 heteroatoms. The summed E-state index contributed by atoms with van der Waals surface area (Å²) >= 11 is 0. The topological polar surface area (TPSA) is 103 Å². The number of carbonyl (C=O) groups excluding carboxylic acids is 1. The molecule has 0 bridgehead atoms. The molecule has 1 atom stereocenters. The molecule has 1 aliphatic heterocycles. The molecule has 1 saturated heterocycles. The van der Waals surface area contributed by atoms with Crippen molar-refractivity contribution in [2.45, 2.75) is 12.6 Å². The average Bonchev–Trinajstić information content (AvgIpc) is 3.24. The summed E-state index contributed by atoms with van der Waals surface area (Å²) in [7, 11) is 0. The molecule has 25 heavy (non-hydrogen) atoms. The second-order valence-electron chi connectivity index (χ2n) is 6.17. The molecule has 9 nitrogen and oxygen atoms in total. The third kappa shape index (κ3) is 3.24. The van der Waals surface area contributed by atoms with E-state index in [-0.39, 0.29) is 5.91 Å². The van der Waals surface area contributed by atoms with Crippen LogP contribution < -0.4 is 0 Å². The van der Waals surface area contributed by atoms with Crippen molar-refractivity contribution in [2.75, 3.05) is 26.2 Å². The van der Waals surface area contributed by atoms with Crippen LogP contribution in [-0.2, 0) is 6.54 Å². The molecule has 3 aromatic rings. The predicted octanol–water partition coefficient (Wildman–Crippen LogP) is -0.229. The largest absolute Gasteiger partial charge is 0.390 e. The van der Waals surface area contributed by atoms with Crippen LogP contribution in [0.5, 0.6) is 0 Å². The van der Waals surface area contributed by atoms with Gasteiger partial charge < -0.3 is 10.0 Å². The minimum absolute atomic E-state index is 0.143. The van der Waals surface area contributed by atoms with E-state index in [2.05, 4.69) is 25.2 Å². The highest BCUT2D eigenvalue weighted by Crippen LogP contribution is 2.14. The molecule has 0 radical (unpaired) electrons. The molecule has 130 valence electrons. The Morgan fingerprint density at radius 3 is 3.08 bits per heavy atom. The lowest BCUT2D eigenvalue weighted by atomic mass is 10.2. The van der Waals surface area contributed by atoms with E-state index in [1.165, 1.54) is 0 Å². The number of H-pyrrole nitrogens is 1. The van der Waals surface area contributed by atoms with Crippen LogP contribution in [0.4, 0.5) is 0 Å². The first-order valence-electron chi connectivity index (χ1n) is 8.17. The first-order valence-corrected chi connectivity index (χ1v) is 8.17. The fourth-order valence-corrected chi connectivity index (χ4v) is 3.16. The summed E-state index contributed by atoms with van der Waals surface area (Å²) in [6, 6.07) is 3.47. The van der Waals surface area contributed by atoms with Gasteiger partial charge in [0.2, 0.25) is 0 Å². The zero-order valence-electron chi connectivity index (χ0n) is 13.6. The van der Waals surface area contributed by atoms with E-state index in [4.69, 9.17) is 0 Å². The molecule has 0 unspecified atom stereocenters. The molecular formula is C16H19N7O2. The van der Waals surface area contributed by atoms with Gasteiger partial charge in [-0.25, -0.2) is 9.50 Å². The highest BCUT2D eigenvalue weighted by Gasteiger charge is 2.26. The van der Waals surface area contributed by atoms with Crippen LogP contribution in [0.25, 0.3) is 5.65 Å². The monoisotopic (exact) mass is 341 g/mol. The number of aromatic nitrogens is 5. The minimum Gasteiger partial charge on any atom is -0.390 e. The van der Waals surface area contributed by atoms with Gasteiger partial charge in [0.25, 0.3) is 5.91 Å². The van der Waals surface area contributed by atoms with Crippen molar-refractivity contribution in [3.05, 3.63) is 48.2 Å². The number of β-amino-alcohol motifs (C(OH)–C–C–N with tert-alkyl or cyclic N) is 1. The lowest BCUT2D eigenvalue weighted by Gasteiger charge is -2.21. The van der Waals surface area contributed by atoms with E-state index < -0.39 is 6.10 Å². The minimum atomic E-state index is -0.607. The summed E-state index contributed by atoms with van der Waals surface area (Å²) in [4.78, 5) is 20.6. The highest BCUT2D eigenvalue weighted by molar-refractivity contribution is 5.92. The summed E-state index contributed by atoms with van der Waals surface area (Å²) in [5.74, 6) is -0.143. The number of nitrogens with one attached hydrogen (secondary N) is 1. The molecule has 0 spiro atoms. The van der Waals surface area contributed by atoms with Crippen LogP contribution in [0.2, 0.25) is 0 Å². The average molecular weight is 341 g/mol. The van der Waals surface area contributed by atoms with Crippen molar-refractivity contribution < 1.29 is 9.90 Å². The van der Waals surface area contributed by atoms with Crippen LogP contribution in [0.3, 0.4) is 0 Å². The van der Waals surface area contributed by atoms with Crippen LogP contribution in [0, 0.1) is 0 Å². The molecule has 4 rings (SSSR count). The summed E-state index contributed by atoms with van der Waals surface area (Å²) < 4.78 is 1.73. The molecule has 1 fully saturated rings. The third-order valence-corrected chi connectivity index (χ3v) is 4.35. The second kappa shape index (κ2) is 6.61. The van der Waals surface area contributed by atoms with E-state index in [1.807, 2.05) is 12.3 Å². The molecule has 1 amide bonds. The number of carbonyl (C=O) groups is 1. The molecule has 3 aromatic heterocycles. The Kier molecular flexibility index (Phi) is 4.16. The van der Waals surface area contributed by atoms with Crippen LogP contribution in [0.15, 0.2) is 36.9 Å². The number of aromatic amines is 1. The van der Waals surface area contributed by atoms with Crippen molar-refractivity contribution in [1.29, 1.82) is 0 Å². The maximum absolute atomic E-state index is 12.5. The molecule has 2 N–H and O–H groups in total. The Balaban J connectivity index is 1.47. The first-order chi connectivity index (χ1) is 12.2. The van der Waals surface area contributed by atoms with Gasteiger partial charge in [0, 0.05) is 56.9 Å². The zero-order chi connectivity index (χ0) is 17.2. The Morgan fingerprint density at radius 2 is 2.24 bits per heavy atom. The summed E-state index contributed by atoms with van der Waals surface area (Å²) in [5, 5.41) is 21.1. The Labute approximate surface area is 143 Å². The summed E-state index contributed by atoms with van der Waals surface area (Å²) in [6.45, 7) is 2.64. The van der Waals surface area contributed by atoms with E-state index >= 15 is 0 Å². The molecule has 0 saturated carbocycles. The Hall–Kier alpha value is -2.78. The van der Waals surface area contributed by atoms with E-state index in [9.17, 15) is 9.90 Å². The maximum atomic E-state index is 12.5. The van der Waals surface area contributed by atoms with Crippen molar-refractivity contribution in [1.82, 2.24) is 34.6 Å². The van der Waals surface area contributed by atoms with Crippen molar-refractivity contribution in [3.8, 4) is 0 Å². The van der Waals surface area contributed by atoms with E-state index in [0.717, 1.165) is 11.2 Å². The number of aliphatic hydroxyl groups excluding tert-OH is 1. The van der Waals surface area contributed by atoms with Crippen molar-refractivity contribution in [3.63, 3.8) is 0 Å². The summed E-state index contributed by atoms with van der Waals surface area (Å²) in [6.07, 6.45) is 6.33. The van der Waals surface area contributed by atoms with Gasteiger partial charge >= 0.3 is 0 Å². The van der Waals surface area contributed by atoms with E-state index in [1.54, 1.807) is 34.1 Å². The van der Waals surface area contributed by atoms with Gasteiger partial charge in [-0.3, -0.25) is 14.8 Å². The summed E-state index contributed by atoms with van der Waals surface area (Å²) in [5.41, 5.74) is 2.25. The number of rotatable bonds is 3. The fraction of sp³-hybridized carbons (Fsp3) is 0.375. The lowest BCUT2D eigenvalue weighted by Crippen LogP contribution is -2.37. The standard InChI is InChI=1S/C16H19N7O2/c24-13-10-21(9-12-8-19-23-5-1-3-17-15(12)23)6-7-22(11-13)16(25)14-2-4-18-20-14/h1-5,8,13,24H,6-7,9-11H2,(H,18,20)/t13-/m0/s1. The van der Waals surface area contributed by atoms with Gasteiger partial charge in [0.05, 0.1) is 12.3 Å². The quantitative estimate of drug-likeness (QED) is 0.682. The van der Waals surface area contributed by atoms with Crippen molar-refractivity contribution >= 4 is 11.6 Å². The number of aliphatic hydroxyl groups is 1. The zero-order valence-corrected chi connectivity index (χ0v) is 13.6. The van der Waals surface area contributed by atoms with Crippen LogP contribution in [-0.4, -0.2) is 77.9 Å². The lowest BCUT2D eigenvalue weighted by molar-refractivity contribution is 0.0657. The maximum Gasteiger partial charge on any atom is 0.271 e. The first kappa shape index (κ1) is 15.7. The van der Waals surface area contributed by atoms with Crippen LogP contribution >= 0.6 is 0 Å². The molecule has 0 aliphatic carbocycles. The van der Waals surface area contributed by atoms with Gasteiger partial charge in [0.1, 0.15) is 5.69 Å².